The molecule has 0 unspecified atom stereocenters. The number of sulfone groups is 1. The van der Waals surface area contributed by atoms with Gasteiger partial charge in [0.25, 0.3) is 0 Å². The predicted molar refractivity (Wildman–Crippen MR) is 80.2 cm³/mol. The van der Waals surface area contributed by atoms with Gasteiger partial charge >= 0.3 is 0 Å². The van der Waals surface area contributed by atoms with Gasteiger partial charge in [-0.25, -0.2) is 8.42 Å². The maximum atomic E-state index is 11.8. The molecule has 0 saturated heterocycles. The summed E-state index contributed by atoms with van der Waals surface area (Å²) in [5.41, 5.74) is 6.12. The second kappa shape index (κ2) is 5.96. The van der Waals surface area contributed by atoms with E-state index in [-0.39, 0.29) is 18.1 Å². The normalized spacial score (nSPS) is 11.9. The van der Waals surface area contributed by atoms with E-state index in [0.717, 1.165) is 6.26 Å². The van der Waals surface area contributed by atoms with Crippen molar-refractivity contribution >= 4 is 39.0 Å². The van der Waals surface area contributed by atoms with E-state index < -0.39 is 15.7 Å². The van der Waals surface area contributed by atoms with Crippen LogP contribution in [0.2, 0.25) is 0 Å². The second-order valence-corrected chi connectivity index (χ2v) is 6.89. The Hall–Kier alpha value is -1.71. The Morgan fingerprint density at radius 3 is 2.81 bits per heavy atom. The molecule has 2 rings (SSSR count). The highest BCUT2D eigenvalue weighted by atomic mass is 32.2. The van der Waals surface area contributed by atoms with Gasteiger partial charge in [0.1, 0.15) is 6.61 Å². The summed E-state index contributed by atoms with van der Waals surface area (Å²) in [7, 11) is -3.35. The van der Waals surface area contributed by atoms with Crippen molar-refractivity contribution in [2.45, 2.75) is 11.4 Å². The Balaban J connectivity index is 2.36. The van der Waals surface area contributed by atoms with Crippen molar-refractivity contribution in [3.8, 4) is 0 Å². The number of hydrogen-bond donors (Lipinski definition) is 2. The smallest absolute Gasteiger partial charge is 0.243 e. The van der Waals surface area contributed by atoms with Crippen LogP contribution in [0.5, 0.6) is 0 Å². The SMILES string of the molecule is CS(=O)(=O)c1cccc2c1[nH]c(=S)n2CCOCC(N)=O. The van der Waals surface area contributed by atoms with Gasteiger partial charge in [0, 0.05) is 12.8 Å². The third-order valence-corrected chi connectivity index (χ3v) is 4.34. The van der Waals surface area contributed by atoms with Crippen LogP contribution < -0.4 is 5.73 Å². The van der Waals surface area contributed by atoms with Crippen molar-refractivity contribution in [3.63, 3.8) is 0 Å². The maximum Gasteiger partial charge on any atom is 0.243 e. The third-order valence-electron chi connectivity index (χ3n) is 2.88. The fourth-order valence-corrected chi connectivity index (χ4v) is 3.16. The highest BCUT2D eigenvalue weighted by Crippen LogP contribution is 2.22. The zero-order chi connectivity index (χ0) is 15.6. The molecular formula is C12H15N3O4S2. The first-order chi connectivity index (χ1) is 9.80. The van der Waals surface area contributed by atoms with Crippen LogP contribution in [0.3, 0.4) is 0 Å². The molecule has 114 valence electrons. The molecule has 9 heteroatoms. The molecule has 0 spiro atoms. The number of fused-ring (bicyclic) bond motifs is 1. The van der Waals surface area contributed by atoms with Gasteiger partial charge in [-0.2, -0.15) is 0 Å². The molecule has 0 fully saturated rings. The maximum absolute atomic E-state index is 11.8. The number of aromatic amines is 1. The van der Waals surface area contributed by atoms with Crippen molar-refractivity contribution in [2.75, 3.05) is 19.5 Å². The first kappa shape index (κ1) is 15.7. The van der Waals surface area contributed by atoms with Gasteiger partial charge in [0.15, 0.2) is 14.6 Å². The summed E-state index contributed by atoms with van der Waals surface area (Å²) in [6, 6.07) is 4.95. The number of carbonyl (C=O) groups excluding carboxylic acids is 1. The molecule has 0 aliphatic carbocycles. The van der Waals surface area contributed by atoms with Crippen molar-refractivity contribution in [1.29, 1.82) is 0 Å². The van der Waals surface area contributed by atoms with Crippen LogP contribution >= 0.6 is 12.2 Å². The molecule has 2 aromatic rings. The molecule has 0 atom stereocenters. The number of primary amides is 1. The highest BCUT2D eigenvalue weighted by Gasteiger charge is 2.15. The summed E-state index contributed by atoms with van der Waals surface area (Å²) in [5, 5.41) is 0. The van der Waals surface area contributed by atoms with Gasteiger partial charge in [-0.3, -0.25) is 4.79 Å². The van der Waals surface area contributed by atoms with Gasteiger partial charge in [0.05, 0.1) is 22.5 Å². The van der Waals surface area contributed by atoms with E-state index in [1.54, 1.807) is 16.7 Å². The number of H-pyrrole nitrogens is 1. The van der Waals surface area contributed by atoms with Gasteiger partial charge in [-0.15, -0.1) is 0 Å². The van der Waals surface area contributed by atoms with Crippen LogP contribution in [0.25, 0.3) is 11.0 Å². The van der Waals surface area contributed by atoms with E-state index in [9.17, 15) is 13.2 Å². The van der Waals surface area contributed by atoms with Crippen LogP contribution in [0.4, 0.5) is 0 Å². The summed E-state index contributed by atoms with van der Waals surface area (Å²) in [5.74, 6) is -0.545. The van der Waals surface area contributed by atoms with E-state index in [1.807, 2.05) is 0 Å². The Morgan fingerprint density at radius 2 is 2.19 bits per heavy atom. The third kappa shape index (κ3) is 3.49. The van der Waals surface area contributed by atoms with Gasteiger partial charge in [0.2, 0.25) is 5.91 Å². The Labute approximate surface area is 126 Å². The topological polar surface area (TPSA) is 107 Å². The standard InChI is InChI=1S/C12H15N3O4S2/c1-21(17,18)9-4-2-3-8-11(9)14-12(20)15(8)5-6-19-7-10(13)16/h2-4H,5-7H2,1H3,(H2,13,16)(H,14,20). The zero-order valence-electron chi connectivity index (χ0n) is 11.3. The van der Waals surface area contributed by atoms with Crippen LogP contribution in [0.15, 0.2) is 23.1 Å². The molecule has 1 aromatic carbocycles. The second-order valence-electron chi connectivity index (χ2n) is 4.52. The highest BCUT2D eigenvalue weighted by molar-refractivity contribution is 7.91. The first-order valence-corrected chi connectivity index (χ1v) is 8.38. The van der Waals surface area contributed by atoms with Crippen LogP contribution in [0.1, 0.15) is 0 Å². The zero-order valence-corrected chi connectivity index (χ0v) is 13.0. The van der Waals surface area contributed by atoms with E-state index in [2.05, 4.69) is 4.98 Å². The Morgan fingerprint density at radius 1 is 1.48 bits per heavy atom. The molecule has 0 saturated carbocycles. The van der Waals surface area contributed by atoms with E-state index in [0.29, 0.717) is 22.3 Å². The molecule has 21 heavy (non-hydrogen) atoms. The van der Waals surface area contributed by atoms with Crippen molar-refractivity contribution in [3.05, 3.63) is 23.0 Å². The van der Waals surface area contributed by atoms with Crippen LogP contribution in [-0.4, -0.2) is 43.3 Å². The molecule has 0 aliphatic rings. The number of benzene rings is 1. The Kier molecular flexibility index (Phi) is 4.45. The monoisotopic (exact) mass is 329 g/mol. The predicted octanol–water partition coefficient (Wildman–Crippen LogP) is 0.604. The number of ether oxygens (including phenoxy) is 1. The van der Waals surface area contributed by atoms with Crippen molar-refractivity contribution in [2.24, 2.45) is 5.73 Å². The molecule has 3 N–H and O–H groups in total. The number of amides is 1. The molecule has 0 radical (unpaired) electrons. The number of hydrogen-bond acceptors (Lipinski definition) is 5. The number of carbonyl (C=O) groups is 1. The lowest BCUT2D eigenvalue weighted by molar-refractivity contribution is -0.122. The number of nitrogens with two attached hydrogens (primary N) is 1. The Bertz CT molecular complexity index is 836. The lowest BCUT2D eigenvalue weighted by Gasteiger charge is -2.05. The number of imidazole rings is 1. The van der Waals surface area contributed by atoms with Gasteiger partial charge in [-0.05, 0) is 24.4 Å². The van der Waals surface area contributed by atoms with E-state index in [4.69, 9.17) is 22.7 Å². The van der Waals surface area contributed by atoms with E-state index in [1.165, 1.54) is 6.07 Å². The minimum absolute atomic E-state index is 0.162. The lowest BCUT2D eigenvalue weighted by atomic mass is 10.3. The summed E-state index contributed by atoms with van der Waals surface area (Å²) in [4.78, 5) is 13.7. The average Bonchev–Trinajstić information content (AvgIpc) is 2.69. The van der Waals surface area contributed by atoms with Gasteiger partial charge in [-0.1, -0.05) is 6.07 Å². The summed E-state index contributed by atoms with van der Waals surface area (Å²) in [6.07, 6.45) is 1.14. The van der Waals surface area contributed by atoms with E-state index >= 15 is 0 Å². The largest absolute Gasteiger partial charge is 0.370 e. The fraction of sp³-hybridized carbons (Fsp3) is 0.333. The minimum atomic E-state index is -3.35. The number of nitrogens with zero attached hydrogens (tertiary/aromatic N) is 1. The number of para-hydroxylation sites is 1. The fourth-order valence-electron chi connectivity index (χ4n) is 2.01. The number of aromatic nitrogens is 2. The molecule has 1 amide bonds. The summed E-state index contributed by atoms with van der Waals surface area (Å²) >= 11 is 5.20. The molecule has 0 bridgehead atoms. The van der Waals surface area contributed by atoms with Gasteiger partial charge < -0.3 is 20.0 Å². The molecule has 0 aliphatic heterocycles. The molecule has 1 aromatic heterocycles. The minimum Gasteiger partial charge on any atom is -0.370 e. The van der Waals surface area contributed by atoms with Crippen LogP contribution in [-0.2, 0) is 25.9 Å². The molecule has 7 nitrogen and oxygen atoms in total. The lowest BCUT2D eigenvalue weighted by Crippen LogP contribution is -2.19. The quantitative estimate of drug-likeness (QED) is 0.596. The van der Waals surface area contributed by atoms with Crippen LogP contribution in [0, 0.1) is 4.77 Å². The summed E-state index contributed by atoms with van der Waals surface area (Å²) in [6.45, 7) is 0.469. The number of rotatable bonds is 6. The average molecular weight is 329 g/mol. The first-order valence-electron chi connectivity index (χ1n) is 6.08. The van der Waals surface area contributed by atoms with Crippen molar-refractivity contribution in [1.82, 2.24) is 9.55 Å². The summed E-state index contributed by atoms with van der Waals surface area (Å²) < 4.78 is 30.7. The number of nitrogens with one attached hydrogen (secondary N) is 1. The molecule has 1 heterocycles. The molecular weight excluding hydrogens is 314 g/mol. The van der Waals surface area contributed by atoms with Crippen molar-refractivity contribution < 1.29 is 17.9 Å².